The van der Waals surface area contributed by atoms with Crippen LogP contribution in [0.25, 0.3) is 6.08 Å². The van der Waals surface area contributed by atoms with Gasteiger partial charge in [0.15, 0.2) is 6.61 Å². The van der Waals surface area contributed by atoms with Crippen LogP contribution in [0.2, 0.25) is 0 Å². The molecule has 2 rings (SSSR count). The summed E-state index contributed by atoms with van der Waals surface area (Å²) in [6.07, 6.45) is 2.59. The zero-order valence-corrected chi connectivity index (χ0v) is 15.7. The van der Waals surface area contributed by atoms with Crippen LogP contribution in [0.3, 0.4) is 0 Å². The van der Waals surface area contributed by atoms with E-state index in [2.05, 4.69) is 10.1 Å². The van der Waals surface area contributed by atoms with Crippen molar-refractivity contribution >= 4 is 23.6 Å². The lowest BCUT2D eigenvalue weighted by atomic mass is 10.2. The van der Waals surface area contributed by atoms with Gasteiger partial charge in [-0.3, -0.25) is 4.79 Å². The number of hydrogen-bond donors (Lipinski definition) is 1. The summed E-state index contributed by atoms with van der Waals surface area (Å²) in [5.74, 6) is -0.598. The molecule has 9 heteroatoms. The Balaban J connectivity index is 1.91. The van der Waals surface area contributed by atoms with Gasteiger partial charge >= 0.3 is 12.6 Å². The Morgan fingerprint density at radius 1 is 1.07 bits per heavy atom. The van der Waals surface area contributed by atoms with Crippen molar-refractivity contribution in [3.05, 3.63) is 54.1 Å². The van der Waals surface area contributed by atoms with Crippen LogP contribution >= 0.6 is 0 Å². The molecule has 7 nitrogen and oxygen atoms in total. The largest absolute Gasteiger partial charge is 0.497 e. The van der Waals surface area contributed by atoms with Crippen molar-refractivity contribution < 1.29 is 37.3 Å². The van der Waals surface area contributed by atoms with E-state index >= 15 is 0 Å². The maximum atomic E-state index is 12.4. The SMILES string of the molecule is COc1ccc(C=CC(=O)OCC(=O)Nc2ccccc2OC(F)F)c(OC)c1. The van der Waals surface area contributed by atoms with Crippen molar-refractivity contribution in [3.8, 4) is 17.2 Å². The first kappa shape index (κ1) is 21.7. The van der Waals surface area contributed by atoms with E-state index in [9.17, 15) is 18.4 Å². The number of amides is 1. The lowest BCUT2D eigenvalue weighted by Crippen LogP contribution is -2.20. The van der Waals surface area contributed by atoms with E-state index in [-0.39, 0.29) is 11.4 Å². The normalized spacial score (nSPS) is 10.7. The summed E-state index contributed by atoms with van der Waals surface area (Å²) in [6, 6.07) is 10.7. The molecular formula is C20H19F2NO6. The number of alkyl halides is 2. The first-order chi connectivity index (χ1) is 13.9. The van der Waals surface area contributed by atoms with Crippen molar-refractivity contribution in [3.63, 3.8) is 0 Å². The van der Waals surface area contributed by atoms with E-state index in [1.54, 1.807) is 18.2 Å². The topological polar surface area (TPSA) is 83.1 Å². The second-order valence-electron chi connectivity index (χ2n) is 5.47. The van der Waals surface area contributed by atoms with E-state index in [0.717, 1.165) is 6.08 Å². The van der Waals surface area contributed by atoms with Gasteiger partial charge in [0.25, 0.3) is 5.91 Å². The molecule has 0 saturated carbocycles. The minimum Gasteiger partial charge on any atom is -0.497 e. The number of methoxy groups -OCH3 is 2. The zero-order chi connectivity index (χ0) is 21.2. The average Bonchev–Trinajstić information content (AvgIpc) is 2.71. The Hall–Kier alpha value is -3.62. The number of esters is 1. The van der Waals surface area contributed by atoms with Gasteiger partial charge in [-0.15, -0.1) is 0 Å². The van der Waals surface area contributed by atoms with E-state index in [1.165, 1.54) is 44.6 Å². The first-order valence-electron chi connectivity index (χ1n) is 8.33. The number of anilines is 1. The van der Waals surface area contributed by atoms with Crippen molar-refractivity contribution in [1.82, 2.24) is 0 Å². The molecule has 0 fully saturated rings. The van der Waals surface area contributed by atoms with E-state index in [0.29, 0.717) is 17.1 Å². The molecule has 0 saturated heterocycles. The zero-order valence-electron chi connectivity index (χ0n) is 15.7. The highest BCUT2D eigenvalue weighted by molar-refractivity contribution is 5.95. The molecule has 0 aliphatic carbocycles. The molecule has 0 aliphatic rings. The maximum Gasteiger partial charge on any atom is 0.387 e. The number of rotatable bonds is 9. The van der Waals surface area contributed by atoms with Gasteiger partial charge in [0.1, 0.15) is 17.2 Å². The highest BCUT2D eigenvalue weighted by Gasteiger charge is 2.12. The minimum absolute atomic E-state index is 0.0346. The third-order valence-corrected chi connectivity index (χ3v) is 3.56. The molecule has 0 heterocycles. The maximum absolute atomic E-state index is 12.4. The van der Waals surface area contributed by atoms with Gasteiger partial charge in [-0.25, -0.2) is 4.79 Å². The first-order valence-corrected chi connectivity index (χ1v) is 8.33. The number of carbonyl (C=O) groups excluding carboxylic acids is 2. The molecule has 1 N–H and O–H groups in total. The highest BCUT2D eigenvalue weighted by Crippen LogP contribution is 2.26. The standard InChI is InChI=1S/C20H19F2NO6/c1-26-14-9-7-13(17(11-14)27-2)8-10-19(25)28-12-18(24)23-15-5-3-4-6-16(15)29-20(21)22/h3-11,20H,12H2,1-2H3,(H,23,24). The van der Waals surface area contributed by atoms with Crippen LogP contribution in [0.15, 0.2) is 48.5 Å². The number of hydrogen-bond acceptors (Lipinski definition) is 6. The fourth-order valence-electron chi connectivity index (χ4n) is 2.25. The molecule has 0 unspecified atom stereocenters. The van der Waals surface area contributed by atoms with Crippen LogP contribution in [-0.2, 0) is 14.3 Å². The molecule has 0 atom stereocenters. The molecule has 2 aromatic rings. The van der Waals surface area contributed by atoms with E-state index in [4.69, 9.17) is 14.2 Å². The summed E-state index contributed by atoms with van der Waals surface area (Å²) < 4.78 is 44.2. The lowest BCUT2D eigenvalue weighted by molar-refractivity contribution is -0.142. The van der Waals surface area contributed by atoms with Gasteiger partial charge in [0, 0.05) is 17.7 Å². The van der Waals surface area contributed by atoms with Gasteiger partial charge in [-0.1, -0.05) is 12.1 Å². The number of halogens is 2. The number of nitrogens with one attached hydrogen (secondary N) is 1. The molecule has 0 spiro atoms. The molecule has 154 valence electrons. The van der Waals surface area contributed by atoms with E-state index < -0.39 is 25.1 Å². The Morgan fingerprint density at radius 3 is 2.52 bits per heavy atom. The molecule has 0 radical (unpaired) electrons. The number of benzene rings is 2. The van der Waals surface area contributed by atoms with Gasteiger partial charge < -0.3 is 24.3 Å². The van der Waals surface area contributed by atoms with Gasteiger partial charge in [-0.05, 0) is 30.3 Å². The fourth-order valence-corrected chi connectivity index (χ4v) is 2.25. The van der Waals surface area contributed by atoms with Crippen LogP contribution in [-0.4, -0.2) is 39.3 Å². The summed E-state index contributed by atoms with van der Waals surface area (Å²) in [7, 11) is 3.00. The molecule has 29 heavy (non-hydrogen) atoms. The second kappa shape index (κ2) is 10.6. The molecule has 0 bridgehead atoms. The monoisotopic (exact) mass is 407 g/mol. The van der Waals surface area contributed by atoms with Crippen LogP contribution < -0.4 is 19.5 Å². The smallest absolute Gasteiger partial charge is 0.387 e. The highest BCUT2D eigenvalue weighted by atomic mass is 19.3. The van der Waals surface area contributed by atoms with Gasteiger partial charge in [-0.2, -0.15) is 8.78 Å². The van der Waals surface area contributed by atoms with Gasteiger partial charge in [0.2, 0.25) is 0 Å². The lowest BCUT2D eigenvalue weighted by Gasteiger charge is -2.11. The Morgan fingerprint density at radius 2 is 1.83 bits per heavy atom. The van der Waals surface area contributed by atoms with Gasteiger partial charge in [0.05, 0.1) is 19.9 Å². The van der Waals surface area contributed by atoms with Crippen molar-refractivity contribution in [2.24, 2.45) is 0 Å². The van der Waals surface area contributed by atoms with Crippen LogP contribution in [0, 0.1) is 0 Å². The molecule has 0 aliphatic heterocycles. The van der Waals surface area contributed by atoms with Crippen molar-refractivity contribution in [1.29, 1.82) is 0 Å². The van der Waals surface area contributed by atoms with Crippen LogP contribution in [0.5, 0.6) is 17.2 Å². The fraction of sp³-hybridized carbons (Fsp3) is 0.200. The molecule has 1 amide bonds. The second-order valence-corrected chi connectivity index (χ2v) is 5.47. The molecule has 0 aromatic heterocycles. The predicted octanol–water partition coefficient (Wildman–Crippen LogP) is 3.50. The quantitative estimate of drug-likeness (QED) is 0.506. The minimum atomic E-state index is -3.04. The van der Waals surface area contributed by atoms with E-state index in [1.807, 2.05) is 0 Å². The Kier molecular flexibility index (Phi) is 7.96. The summed E-state index contributed by atoms with van der Waals surface area (Å²) in [5.41, 5.74) is 0.639. The summed E-state index contributed by atoms with van der Waals surface area (Å²) in [4.78, 5) is 23.7. The summed E-state index contributed by atoms with van der Waals surface area (Å²) in [6.45, 7) is -3.64. The third-order valence-electron chi connectivity index (χ3n) is 3.56. The molecular weight excluding hydrogens is 388 g/mol. The number of carbonyl (C=O) groups is 2. The average molecular weight is 407 g/mol. The Bertz CT molecular complexity index is 885. The van der Waals surface area contributed by atoms with Crippen LogP contribution in [0.1, 0.15) is 5.56 Å². The predicted molar refractivity (Wildman–Crippen MR) is 101 cm³/mol. The molecule has 2 aromatic carbocycles. The van der Waals surface area contributed by atoms with Crippen molar-refractivity contribution in [2.45, 2.75) is 6.61 Å². The summed E-state index contributed by atoms with van der Waals surface area (Å²) in [5, 5.41) is 2.34. The third kappa shape index (κ3) is 6.80. The number of ether oxygens (including phenoxy) is 4. The van der Waals surface area contributed by atoms with Crippen LogP contribution in [0.4, 0.5) is 14.5 Å². The summed E-state index contributed by atoms with van der Waals surface area (Å²) >= 11 is 0. The van der Waals surface area contributed by atoms with Crippen molar-refractivity contribution in [2.75, 3.05) is 26.1 Å². The Labute approximate surface area is 165 Å². The number of para-hydroxylation sites is 2.